The Morgan fingerprint density at radius 2 is 1.35 bits per heavy atom. The van der Waals surface area contributed by atoms with Gasteiger partial charge in [-0.25, -0.2) is 4.79 Å². The van der Waals surface area contributed by atoms with E-state index in [1.165, 1.54) is 0 Å². The van der Waals surface area contributed by atoms with Crippen LogP contribution in [0.2, 0.25) is 0 Å². The first-order chi connectivity index (χ1) is 7.25. The van der Waals surface area contributed by atoms with E-state index in [9.17, 15) is 4.79 Å². The fourth-order valence-electron chi connectivity index (χ4n) is 0.728. The standard InChI is InChI=1S/C7H6O5.C3H9N.ClH/c8-4-1-3(7(11)12)2-5(9)6(4)10;1-4(2)3;/h1-2,8-10H,(H,11,12);1-3H3;1H. The Morgan fingerprint density at radius 3 is 1.59 bits per heavy atom. The van der Waals surface area contributed by atoms with Crippen molar-refractivity contribution in [3.05, 3.63) is 17.7 Å². The summed E-state index contributed by atoms with van der Waals surface area (Å²) in [4.78, 5) is 12.3. The lowest BCUT2D eigenvalue weighted by molar-refractivity contribution is 0.0696. The lowest BCUT2D eigenvalue weighted by Crippen LogP contribution is -1.99. The van der Waals surface area contributed by atoms with Gasteiger partial charge in [0.2, 0.25) is 0 Å². The summed E-state index contributed by atoms with van der Waals surface area (Å²) in [5.41, 5.74) is -0.289. The molecule has 0 aromatic heterocycles. The quantitative estimate of drug-likeness (QED) is 0.567. The highest BCUT2D eigenvalue weighted by Crippen LogP contribution is 2.35. The van der Waals surface area contributed by atoms with Gasteiger partial charge in [0.25, 0.3) is 0 Å². The van der Waals surface area contributed by atoms with Crippen molar-refractivity contribution in [2.75, 3.05) is 21.1 Å². The summed E-state index contributed by atoms with van der Waals surface area (Å²) >= 11 is 0. The summed E-state index contributed by atoms with van der Waals surface area (Å²) in [7, 11) is 6.00. The minimum absolute atomic E-state index is 0. The molecule has 1 aromatic rings. The van der Waals surface area contributed by atoms with E-state index in [0.717, 1.165) is 12.1 Å². The fourth-order valence-corrected chi connectivity index (χ4v) is 0.728. The van der Waals surface area contributed by atoms with Crippen LogP contribution >= 0.6 is 12.4 Å². The summed E-state index contributed by atoms with van der Waals surface area (Å²) in [5.74, 6) is -3.33. The molecular weight excluding hydrogens is 250 g/mol. The zero-order valence-electron chi connectivity index (χ0n) is 9.71. The molecule has 0 heterocycles. The average Bonchev–Trinajstić information content (AvgIpc) is 2.12. The van der Waals surface area contributed by atoms with Gasteiger partial charge in [0.05, 0.1) is 5.56 Å². The number of nitrogens with zero attached hydrogens (tertiary/aromatic N) is 1. The van der Waals surface area contributed by atoms with Crippen molar-refractivity contribution in [3.8, 4) is 17.2 Å². The topological polar surface area (TPSA) is 101 Å². The van der Waals surface area contributed by atoms with Crippen LogP contribution in [0.5, 0.6) is 17.2 Å². The molecule has 4 N–H and O–H groups in total. The van der Waals surface area contributed by atoms with E-state index < -0.39 is 23.2 Å². The Labute approximate surface area is 105 Å². The summed E-state index contributed by atoms with van der Waals surface area (Å²) in [5, 5.41) is 35.0. The number of aromatic hydroxyl groups is 3. The normalized spacial score (nSPS) is 8.94. The maximum atomic E-state index is 10.3. The van der Waals surface area contributed by atoms with Crippen LogP contribution in [0.15, 0.2) is 12.1 Å². The molecule has 1 rings (SSSR count). The summed E-state index contributed by atoms with van der Waals surface area (Å²) in [6.07, 6.45) is 0. The van der Waals surface area contributed by atoms with Crippen LogP contribution in [0, 0.1) is 0 Å². The molecule has 0 saturated heterocycles. The number of hydrogen-bond acceptors (Lipinski definition) is 5. The number of carboxylic acid groups (broad SMARTS) is 1. The van der Waals surface area contributed by atoms with E-state index >= 15 is 0 Å². The van der Waals surface area contributed by atoms with Crippen LogP contribution in [0.1, 0.15) is 10.4 Å². The number of carboxylic acids is 1. The third-order valence-corrected chi connectivity index (χ3v) is 1.32. The first-order valence-corrected chi connectivity index (χ1v) is 4.34. The van der Waals surface area contributed by atoms with E-state index in [2.05, 4.69) is 0 Å². The highest BCUT2D eigenvalue weighted by molar-refractivity contribution is 5.89. The molecule has 0 spiro atoms. The van der Waals surface area contributed by atoms with Gasteiger partial charge in [-0.15, -0.1) is 12.4 Å². The van der Waals surface area contributed by atoms with E-state index in [1.807, 2.05) is 26.0 Å². The fraction of sp³-hybridized carbons (Fsp3) is 0.300. The van der Waals surface area contributed by atoms with E-state index in [0.29, 0.717) is 0 Å². The van der Waals surface area contributed by atoms with Crippen LogP contribution < -0.4 is 0 Å². The first kappa shape index (κ1) is 17.7. The van der Waals surface area contributed by atoms with Crippen LogP contribution in [0.3, 0.4) is 0 Å². The second-order valence-electron chi connectivity index (χ2n) is 3.51. The molecule has 0 fully saturated rings. The number of benzene rings is 1. The lowest BCUT2D eigenvalue weighted by atomic mass is 10.2. The van der Waals surface area contributed by atoms with Crippen molar-refractivity contribution in [1.29, 1.82) is 0 Å². The smallest absolute Gasteiger partial charge is 0.335 e. The Bertz CT molecular complexity index is 355. The number of phenolic OH excluding ortho intramolecular Hbond substituents is 3. The summed E-state index contributed by atoms with van der Waals surface area (Å²) < 4.78 is 0. The molecule has 0 bridgehead atoms. The summed E-state index contributed by atoms with van der Waals surface area (Å²) in [6, 6.07) is 1.69. The van der Waals surface area contributed by atoms with Crippen LogP contribution in [-0.4, -0.2) is 52.4 Å². The second-order valence-corrected chi connectivity index (χ2v) is 3.51. The zero-order valence-corrected chi connectivity index (χ0v) is 10.5. The van der Waals surface area contributed by atoms with Crippen molar-refractivity contribution in [2.24, 2.45) is 0 Å². The predicted molar refractivity (Wildman–Crippen MR) is 65.3 cm³/mol. The molecular formula is C10H16ClNO5. The number of carbonyl (C=O) groups is 1. The number of aromatic carboxylic acids is 1. The van der Waals surface area contributed by atoms with Gasteiger partial charge < -0.3 is 25.3 Å². The van der Waals surface area contributed by atoms with Gasteiger partial charge in [0.1, 0.15) is 0 Å². The van der Waals surface area contributed by atoms with Crippen molar-refractivity contribution >= 4 is 18.4 Å². The molecule has 0 atom stereocenters. The molecule has 98 valence electrons. The minimum Gasteiger partial charge on any atom is -0.504 e. The maximum Gasteiger partial charge on any atom is 0.335 e. The van der Waals surface area contributed by atoms with Gasteiger partial charge in [-0.3, -0.25) is 0 Å². The number of rotatable bonds is 1. The monoisotopic (exact) mass is 265 g/mol. The Kier molecular flexibility index (Phi) is 7.91. The molecule has 1 aromatic carbocycles. The Balaban J connectivity index is 0. The number of phenols is 3. The van der Waals surface area contributed by atoms with Crippen molar-refractivity contribution < 1.29 is 25.2 Å². The van der Waals surface area contributed by atoms with Gasteiger partial charge in [0.15, 0.2) is 17.2 Å². The minimum atomic E-state index is -1.29. The molecule has 0 radical (unpaired) electrons. The predicted octanol–water partition coefficient (Wildman–Crippen LogP) is 1.10. The van der Waals surface area contributed by atoms with Gasteiger partial charge in [0, 0.05) is 0 Å². The number of halogens is 1. The summed E-state index contributed by atoms with van der Waals surface area (Å²) in [6.45, 7) is 0. The molecule has 7 heteroatoms. The Hall–Kier alpha value is -1.66. The maximum absolute atomic E-state index is 10.3. The third kappa shape index (κ3) is 6.49. The number of hydrogen-bond donors (Lipinski definition) is 4. The van der Waals surface area contributed by atoms with Gasteiger partial charge in [-0.2, -0.15) is 0 Å². The van der Waals surface area contributed by atoms with E-state index in [-0.39, 0.29) is 18.0 Å². The van der Waals surface area contributed by atoms with E-state index in [1.54, 1.807) is 0 Å². The van der Waals surface area contributed by atoms with Gasteiger partial charge >= 0.3 is 5.97 Å². The zero-order chi connectivity index (χ0) is 12.9. The van der Waals surface area contributed by atoms with Crippen molar-refractivity contribution in [3.63, 3.8) is 0 Å². The van der Waals surface area contributed by atoms with Crippen LogP contribution in [0.4, 0.5) is 0 Å². The Morgan fingerprint density at radius 1 is 1.06 bits per heavy atom. The molecule has 0 amide bonds. The van der Waals surface area contributed by atoms with Gasteiger partial charge in [-0.05, 0) is 33.3 Å². The molecule has 0 aliphatic rings. The third-order valence-electron chi connectivity index (χ3n) is 1.32. The largest absolute Gasteiger partial charge is 0.504 e. The lowest BCUT2D eigenvalue weighted by Gasteiger charge is -2.01. The molecule has 0 aliphatic heterocycles. The van der Waals surface area contributed by atoms with Crippen LogP contribution in [0.25, 0.3) is 0 Å². The molecule has 17 heavy (non-hydrogen) atoms. The second kappa shape index (κ2) is 7.59. The average molecular weight is 266 g/mol. The molecule has 0 saturated carbocycles. The first-order valence-electron chi connectivity index (χ1n) is 4.34. The van der Waals surface area contributed by atoms with Crippen molar-refractivity contribution in [2.45, 2.75) is 0 Å². The highest BCUT2D eigenvalue weighted by atomic mass is 35.5. The van der Waals surface area contributed by atoms with E-state index in [4.69, 9.17) is 20.4 Å². The molecule has 0 unspecified atom stereocenters. The van der Waals surface area contributed by atoms with Gasteiger partial charge in [-0.1, -0.05) is 0 Å². The highest BCUT2D eigenvalue weighted by Gasteiger charge is 2.11. The molecule has 0 aliphatic carbocycles. The molecule has 6 nitrogen and oxygen atoms in total. The van der Waals surface area contributed by atoms with Crippen molar-refractivity contribution in [1.82, 2.24) is 4.90 Å². The SMILES string of the molecule is CN(C)C.Cl.O=C(O)c1cc(O)c(O)c(O)c1. The van der Waals surface area contributed by atoms with Crippen LogP contribution in [-0.2, 0) is 0 Å².